The summed E-state index contributed by atoms with van der Waals surface area (Å²) in [6.07, 6.45) is -4.60. The van der Waals surface area contributed by atoms with Crippen LogP contribution in [0.25, 0.3) is 0 Å². The van der Waals surface area contributed by atoms with Gasteiger partial charge >= 0.3 is 12.2 Å². The molecule has 1 aromatic rings. The van der Waals surface area contributed by atoms with E-state index in [1.165, 1.54) is 12.1 Å². The smallest absolute Gasteiger partial charge is 0.293 e. The minimum Gasteiger partial charge on any atom is -0.293 e. The standard InChI is InChI=1S/C11H8BrF3N2O2/c12-6-1-2-7(11(13,14)15)8(5-6)17-4-3-9(18)16-10(17)19/h1-2,5H,3-4H2,(H,16,18,19). The maximum atomic E-state index is 12.9. The maximum Gasteiger partial charge on any atom is 0.418 e. The molecule has 0 unspecified atom stereocenters. The van der Waals surface area contributed by atoms with E-state index in [4.69, 9.17) is 0 Å². The van der Waals surface area contributed by atoms with Gasteiger partial charge in [0.05, 0.1) is 11.3 Å². The van der Waals surface area contributed by atoms with Crippen molar-refractivity contribution >= 4 is 33.6 Å². The van der Waals surface area contributed by atoms with Gasteiger partial charge in [0.2, 0.25) is 5.91 Å². The lowest BCUT2D eigenvalue weighted by molar-refractivity contribution is -0.137. The lowest BCUT2D eigenvalue weighted by Crippen LogP contribution is -2.50. The number of rotatable bonds is 1. The molecule has 0 radical (unpaired) electrons. The highest BCUT2D eigenvalue weighted by Crippen LogP contribution is 2.38. The number of halogens is 4. The molecular formula is C11H8BrF3N2O2. The van der Waals surface area contributed by atoms with Crippen LogP contribution in [0.3, 0.4) is 0 Å². The number of carbonyl (C=O) groups excluding carboxylic acids is 2. The van der Waals surface area contributed by atoms with Crippen LogP contribution in [0, 0.1) is 0 Å². The summed E-state index contributed by atoms with van der Waals surface area (Å²) in [5, 5.41) is 1.99. The summed E-state index contributed by atoms with van der Waals surface area (Å²) >= 11 is 3.07. The Bertz CT molecular complexity index is 545. The summed E-state index contributed by atoms with van der Waals surface area (Å²) in [5.74, 6) is -0.496. The van der Waals surface area contributed by atoms with E-state index in [0.717, 1.165) is 11.0 Å². The van der Waals surface area contributed by atoms with Crippen LogP contribution < -0.4 is 10.2 Å². The van der Waals surface area contributed by atoms with Gasteiger partial charge in [-0.3, -0.25) is 15.0 Å². The molecule has 102 valence electrons. The predicted octanol–water partition coefficient (Wildman–Crippen LogP) is 2.91. The van der Waals surface area contributed by atoms with Crippen molar-refractivity contribution in [3.05, 3.63) is 28.2 Å². The average molecular weight is 337 g/mol. The van der Waals surface area contributed by atoms with Gasteiger partial charge in [-0.15, -0.1) is 0 Å². The molecule has 4 nitrogen and oxygen atoms in total. The molecule has 0 bridgehead atoms. The van der Waals surface area contributed by atoms with E-state index in [1.54, 1.807) is 0 Å². The number of imide groups is 1. The fourth-order valence-corrected chi connectivity index (χ4v) is 2.11. The molecule has 1 fully saturated rings. The van der Waals surface area contributed by atoms with E-state index >= 15 is 0 Å². The number of hydrogen-bond acceptors (Lipinski definition) is 2. The SMILES string of the molecule is O=C1CCN(c2cc(Br)ccc2C(F)(F)F)C(=O)N1. The topological polar surface area (TPSA) is 49.4 Å². The molecule has 19 heavy (non-hydrogen) atoms. The molecule has 0 aliphatic carbocycles. The number of nitrogens with one attached hydrogen (secondary N) is 1. The van der Waals surface area contributed by atoms with Gasteiger partial charge < -0.3 is 0 Å². The fourth-order valence-electron chi connectivity index (χ4n) is 1.76. The van der Waals surface area contributed by atoms with Gasteiger partial charge in [0.15, 0.2) is 0 Å². The lowest BCUT2D eigenvalue weighted by atomic mass is 10.1. The third-order valence-corrected chi connectivity index (χ3v) is 3.10. The number of urea groups is 1. The molecule has 3 amide bonds. The summed E-state index contributed by atoms with van der Waals surface area (Å²) in [7, 11) is 0. The van der Waals surface area contributed by atoms with Gasteiger partial charge in [-0.1, -0.05) is 15.9 Å². The molecule has 1 heterocycles. The van der Waals surface area contributed by atoms with Gasteiger partial charge in [0, 0.05) is 17.4 Å². The van der Waals surface area contributed by atoms with Gasteiger partial charge in [-0.2, -0.15) is 13.2 Å². The Balaban J connectivity index is 2.46. The van der Waals surface area contributed by atoms with E-state index in [-0.39, 0.29) is 18.7 Å². The van der Waals surface area contributed by atoms with Crippen molar-refractivity contribution in [3.8, 4) is 0 Å². The van der Waals surface area contributed by atoms with Crippen LogP contribution >= 0.6 is 15.9 Å². The zero-order valence-corrected chi connectivity index (χ0v) is 11.0. The third kappa shape index (κ3) is 2.89. The van der Waals surface area contributed by atoms with Crippen molar-refractivity contribution in [1.82, 2.24) is 5.32 Å². The van der Waals surface area contributed by atoms with Gasteiger partial charge in [0.25, 0.3) is 0 Å². The zero-order chi connectivity index (χ0) is 14.2. The van der Waals surface area contributed by atoms with Crippen LogP contribution in [0.2, 0.25) is 0 Å². The van der Waals surface area contributed by atoms with Crippen LogP contribution in [-0.4, -0.2) is 18.5 Å². The predicted molar refractivity (Wildman–Crippen MR) is 64.6 cm³/mol. The molecule has 1 aliphatic heterocycles. The molecule has 0 saturated carbocycles. The van der Waals surface area contributed by atoms with Crippen molar-refractivity contribution in [2.24, 2.45) is 0 Å². The highest BCUT2D eigenvalue weighted by atomic mass is 79.9. The maximum absolute atomic E-state index is 12.9. The van der Waals surface area contributed by atoms with Crippen LogP contribution in [0.4, 0.5) is 23.7 Å². The number of benzene rings is 1. The molecule has 0 atom stereocenters. The Morgan fingerprint density at radius 2 is 1.95 bits per heavy atom. The van der Waals surface area contributed by atoms with Crippen molar-refractivity contribution in [2.75, 3.05) is 11.4 Å². The Morgan fingerprint density at radius 3 is 2.53 bits per heavy atom. The third-order valence-electron chi connectivity index (χ3n) is 2.61. The second-order valence-electron chi connectivity index (χ2n) is 3.91. The molecule has 2 rings (SSSR count). The van der Waals surface area contributed by atoms with Crippen LogP contribution in [0.15, 0.2) is 22.7 Å². The molecular weight excluding hydrogens is 329 g/mol. The van der Waals surface area contributed by atoms with Crippen LogP contribution in [0.1, 0.15) is 12.0 Å². The number of carbonyl (C=O) groups is 2. The van der Waals surface area contributed by atoms with Crippen LogP contribution in [-0.2, 0) is 11.0 Å². The van der Waals surface area contributed by atoms with Gasteiger partial charge in [-0.05, 0) is 18.2 Å². The Kier molecular flexibility index (Phi) is 3.53. The summed E-state index contributed by atoms with van der Waals surface area (Å²) in [4.78, 5) is 23.5. The first kappa shape index (κ1) is 13.9. The van der Waals surface area contributed by atoms with E-state index in [9.17, 15) is 22.8 Å². The molecule has 8 heteroatoms. The second kappa shape index (κ2) is 4.84. The van der Waals surface area contributed by atoms with Crippen molar-refractivity contribution in [3.63, 3.8) is 0 Å². The van der Waals surface area contributed by atoms with E-state index < -0.39 is 23.7 Å². The molecule has 0 spiro atoms. The Morgan fingerprint density at radius 1 is 1.26 bits per heavy atom. The zero-order valence-electron chi connectivity index (χ0n) is 9.42. The Hall–Kier alpha value is -1.57. The monoisotopic (exact) mass is 336 g/mol. The first-order valence-corrected chi connectivity index (χ1v) is 6.06. The van der Waals surface area contributed by atoms with Gasteiger partial charge in [-0.25, -0.2) is 4.79 Å². The average Bonchev–Trinajstić information content (AvgIpc) is 2.27. The minimum absolute atomic E-state index is 0.0322. The number of alkyl halides is 3. The lowest BCUT2D eigenvalue weighted by Gasteiger charge is -2.29. The summed E-state index contributed by atoms with van der Waals surface area (Å²) < 4.78 is 39.1. The summed E-state index contributed by atoms with van der Waals surface area (Å²) in [5.41, 5.74) is -1.19. The van der Waals surface area contributed by atoms with E-state index in [0.29, 0.717) is 4.47 Å². The number of anilines is 1. The van der Waals surface area contributed by atoms with E-state index in [2.05, 4.69) is 15.9 Å². The van der Waals surface area contributed by atoms with Crippen molar-refractivity contribution in [2.45, 2.75) is 12.6 Å². The molecule has 1 aliphatic rings. The molecule has 1 aromatic carbocycles. The summed E-state index contributed by atoms with van der Waals surface area (Å²) in [6.45, 7) is -0.0792. The fraction of sp³-hybridized carbons (Fsp3) is 0.273. The van der Waals surface area contributed by atoms with Crippen molar-refractivity contribution < 1.29 is 22.8 Å². The highest BCUT2D eigenvalue weighted by Gasteiger charge is 2.37. The first-order valence-electron chi connectivity index (χ1n) is 5.27. The largest absolute Gasteiger partial charge is 0.418 e. The highest BCUT2D eigenvalue weighted by molar-refractivity contribution is 9.10. The second-order valence-corrected chi connectivity index (χ2v) is 4.83. The number of hydrogen-bond donors (Lipinski definition) is 1. The van der Waals surface area contributed by atoms with Crippen molar-refractivity contribution in [1.29, 1.82) is 0 Å². The van der Waals surface area contributed by atoms with Crippen LogP contribution in [0.5, 0.6) is 0 Å². The molecule has 0 aromatic heterocycles. The minimum atomic E-state index is -4.57. The molecule has 1 saturated heterocycles. The number of amides is 3. The van der Waals surface area contributed by atoms with Gasteiger partial charge in [0.1, 0.15) is 0 Å². The first-order chi connectivity index (χ1) is 8.79. The summed E-state index contributed by atoms with van der Waals surface area (Å²) in [6, 6.07) is 2.50. The Labute approximate surface area is 114 Å². The number of nitrogens with zero attached hydrogens (tertiary/aromatic N) is 1. The molecule has 1 N–H and O–H groups in total. The quantitative estimate of drug-likeness (QED) is 0.857. The normalized spacial score (nSPS) is 16.5. The van der Waals surface area contributed by atoms with E-state index in [1.807, 2.05) is 5.32 Å².